The van der Waals surface area contributed by atoms with E-state index < -0.39 is 47.0 Å². The summed E-state index contributed by atoms with van der Waals surface area (Å²) in [7, 11) is 0. The van der Waals surface area contributed by atoms with Crippen molar-refractivity contribution in [3.63, 3.8) is 0 Å². The maximum absolute atomic E-state index is 13.2. The Bertz CT molecular complexity index is 1680. The van der Waals surface area contributed by atoms with E-state index in [2.05, 4.69) is 9.80 Å². The van der Waals surface area contributed by atoms with Gasteiger partial charge in [-0.1, -0.05) is 24.3 Å². The van der Waals surface area contributed by atoms with E-state index in [0.29, 0.717) is 37.6 Å². The summed E-state index contributed by atoms with van der Waals surface area (Å²) in [5, 5.41) is 0. The molecule has 284 valence electrons. The first-order chi connectivity index (χ1) is 26.1. The molecule has 0 unspecified atom stereocenters. The highest BCUT2D eigenvalue weighted by atomic mass is 16.8. The Labute approximate surface area is 311 Å². The molecule has 9 rings (SSSR count). The first kappa shape index (κ1) is 35.0. The number of carbonyl (C=O) groups is 4. The molecule has 1 saturated carbocycles. The van der Waals surface area contributed by atoms with Gasteiger partial charge in [-0.15, -0.1) is 0 Å². The van der Waals surface area contributed by atoms with E-state index in [9.17, 15) is 19.2 Å². The predicted molar refractivity (Wildman–Crippen MR) is 189 cm³/mol. The molecule has 7 fully saturated rings. The lowest BCUT2D eigenvalue weighted by Crippen LogP contribution is -2.56. The van der Waals surface area contributed by atoms with E-state index in [0.717, 1.165) is 63.2 Å². The fourth-order valence-corrected chi connectivity index (χ4v) is 8.44. The molecule has 14 nitrogen and oxygen atoms in total. The van der Waals surface area contributed by atoms with Gasteiger partial charge in [-0.05, 0) is 47.5 Å². The van der Waals surface area contributed by atoms with Crippen LogP contribution in [-0.4, -0.2) is 99.6 Å². The van der Waals surface area contributed by atoms with Crippen LogP contribution in [0.1, 0.15) is 62.5 Å². The lowest BCUT2D eigenvalue weighted by molar-refractivity contribution is -0.291. The minimum atomic E-state index is -1.55. The number of anilines is 2. The van der Waals surface area contributed by atoms with Crippen molar-refractivity contribution in [2.75, 3.05) is 62.4 Å². The van der Waals surface area contributed by atoms with Crippen molar-refractivity contribution in [2.24, 2.45) is 0 Å². The summed E-state index contributed by atoms with van der Waals surface area (Å²) in [6, 6.07) is 15.1. The van der Waals surface area contributed by atoms with Crippen LogP contribution in [0.2, 0.25) is 0 Å². The second kappa shape index (κ2) is 13.5. The van der Waals surface area contributed by atoms with Gasteiger partial charge in [-0.25, -0.2) is 19.2 Å². The number of carbonyl (C=O) groups excluding carboxylic acids is 4. The smallest absolute Gasteiger partial charge is 0.348 e. The van der Waals surface area contributed by atoms with Crippen LogP contribution in [0, 0.1) is 0 Å². The van der Waals surface area contributed by atoms with E-state index >= 15 is 0 Å². The molecular weight excluding hydrogens is 700 g/mol. The maximum Gasteiger partial charge on any atom is 0.348 e. The van der Waals surface area contributed by atoms with Crippen molar-refractivity contribution in [3.05, 3.63) is 70.8 Å². The van der Waals surface area contributed by atoms with Crippen LogP contribution in [0.5, 0.6) is 0 Å². The molecule has 0 radical (unpaired) electrons. The zero-order valence-corrected chi connectivity index (χ0v) is 29.9. The molecule has 1 aliphatic carbocycles. The van der Waals surface area contributed by atoms with Crippen LogP contribution in [-0.2, 0) is 57.1 Å². The Hall–Kier alpha value is -4.76. The monoisotopic (exact) mass is 742 g/mol. The van der Waals surface area contributed by atoms with Crippen molar-refractivity contribution in [1.82, 2.24) is 0 Å². The molecule has 14 heteroatoms. The highest BCUT2D eigenvalue weighted by Crippen LogP contribution is 2.45. The van der Waals surface area contributed by atoms with Crippen molar-refractivity contribution in [3.8, 4) is 0 Å². The van der Waals surface area contributed by atoms with E-state index in [1.165, 1.54) is 12.2 Å². The lowest BCUT2D eigenvalue weighted by Gasteiger charge is -2.46. The van der Waals surface area contributed by atoms with Gasteiger partial charge in [-0.3, -0.25) is 0 Å². The summed E-state index contributed by atoms with van der Waals surface area (Å²) in [5.41, 5.74) is 2.88. The summed E-state index contributed by atoms with van der Waals surface area (Å²) < 4.78 is 46.1. The average Bonchev–Trinajstić information content (AvgIpc) is 3.84. The molecule has 54 heavy (non-hydrogen) atoms. The first-order valence-corrected chi connectivity index (χ1v) is 18.8. The van der Waals surface area contributed by atoms with Crippen LogP contribution in [0.3, 0.4) is 0 Å². The fraction of sp³-hybridized carbons (Fsp3) is 0.500. The molecular formula is C40H42N2O12. The summed E-state index contributed by atoms with van der Waals surface area (Å²) in [4.78, 5) is 57.1. The summed E-state index contributed by atoms with van der Waals surface area (Å²) >= 11 is 0. The number of ether oxygens (including phenoxy) is 8. The number of esters is 4. The summed E-state index contributed by atoms with van der Waals surface area (Å²) in [6.07, 6.45) is 5.97. The molecule has 2 aromatic carbocycles. The standard InChI is InChI=1S/C40H42N2O12/c43-33-31(25-27-1-5-29(6-2-27)41-17-13-37(14-18-41)47-21-22-48-37)34(44)52-39(51-33)9-11-40(12-10-39)53-35(45)32(36(46)54-40)26-28-3-7-30(8-4-28)42-19-15-38(16-20-42)49-23-24-50-38/h1-8,25-26H,9-24H2. The minimum absolute atomic E-state index is 0.0173. The molecule has 2 aromatic rings. The van der Waals surface area contributed by atoms with Gasteiger partial charge in [0.1, 0.15) is 11.1 Å². The molecule has 6 saturated heterocycles. The van der Waals surface area contributed by atoms with Gasteiger partial charge < -0.3 is 47.7 Å². The average molecular weight is 743 g/mol. The van der Waals surface area contributed by atoms with E-state index in [1.807, 2.05) is 48.5 Å². The largest absolute Gasteiger partial charge is 0.419 e. The maximum atomic E-state index is 13.2. The minimum Gasteiger partial charge on any atom is -0.419 e. The van der Waals surface area contributed by atoms with E-state index in [-0.39, 0.29) is 36.8 Å². The van der Waals surface area contributed by atoms with Gasteiger partial charge in [0.15, 0.2) is 11.6 Å². The van der Waals surface area contributed by atoms with Crippen molar-refractivity contribution >= 4 is 47.4 Å². The van der Waals surface area contributed by atoms with Gasteiger partial charge in [0, 0.05) is 88.9 Å². The highest BCUT2D eigenvalue weighted by Gasteiger charge is 2.57. The molecule has 4 spiro atoms. The quantitative estimate of drug-likeness (QED) is 0.252. The zero-order chi connectivity index (χ0) is 37.0. The molecule has 7 aliphatic rings. The number of piperidine rings is 2. The third kappa shape index (κ3) is 6.65. The van der Waals surface area contributed by atoms with Gasteiger partial charge in [0.2, 0.25) is 0 Å². The Balaban J connectivity index is 0.786. The van der Waals surface area contributed by atoms with Gasteiger partial charge in [-0.2, -0.15) is 0 Å². The van der Waals surface area contributed by atoms with Crippen molar-refractivity contribution in [1.29, 1.82) is 0 Å². The molecule has 0 aromatic heterocycles. The summed E-state index contributed by atoms with van der Waals surface area (Å²) in [6.45, 7) is 5.69. The Morgan fingerprint density at radius 2 is 0.704 bits per heavy atom. The van der Waals surface area contributed by atoms with Crippen LogP contribution < -0.4 is 9.80 Å². The molecule has 6 aliphatic heterocycles. The molecule has 0 N–H and O–H groups in total. The van der Waals surface area contributed by atoms with Gasteiger partial charge >= 0.3 is 23.9 Å². The number of nitrogens with zero attached hydrogens (tertiary/aromatic N) is 2. The van der Waals surface area contributed by atoms with Crippen LogP contribution in [0.4, 0.5) is 11.4 Å². The van der Waals surface area contributed by atoms with E-state index in [4.69, 9.17) is 37.9 Å². The summed E-state index contributed by atoms with van der Waals surface area (Å²) in [5.74, 6) is -7.25. The zero-order valence-electron chi connectivity index (χ0n) is 29.9. The van der Waals surface area contributed by atoms with Crippen LogP contribution >= 0.6 is 0 Å². The Kier molecular flexibility index (Phi) is 8.75. The van der Waals surface area contributed by atoms with Crippen LogP contribution in [0.15, 0.2) is 59.7 Å². The first-order valence-electron chi connectivity index (χ1n) is 18.8. The van der Waals surface area contributed by atoms with E-state index in [1.54, 1.807) is 0 Å². The van der Waals surface area contributed by atoms with Gasteiger partial charge in [0.25, 0.3) is 11.6 Å². The fourth-order valence-electron chi connectivity index (χ4n) is 8.44. The normalized spacial score (nSPS) is 29.0. The van der Waals surface area contributed by atoms with Crippen molar-refractivity contribution in [2.45, 2.75) is 74.5 Å². The Morgan fingerprint density at radius 3 is 1.00 bits per heavy atom. The topological polar surface area (TPSA) is 149 Å². The molecule has 0 bridgehead atoms. The van der Waals surface area contributed by atoms with Crippen LogP contribution in [0.25, 0.3) is 12.2 Å². The molecule has 0 amide bonds. The number of hydrogen-bond donors (Lipinski definition) is 0. The van der Waals surface area contributed by atoms with Crippen molar-refractivity contribution < 1.29 is 57.1 Å². The third-order valence-corrected chi connectivity index (χ3v) is 11.6. The lowest BCUT2D eigenvalue weighted by atomic mass is 9.87. The Morgan fingerprint density at radius 1 is 0.407 bits per heavy atom. The molecule has 6 heterocycles. The third-order valence-electron chi connectivity index (χ3n) is 11.6. The SMILES string of the molecule is O=C1OC2(CCC3(CC2)OC(=O)C(=Cc2ccc(N4CCC5(CC4)OCCO5)cc2)C(=O)O3)OC(=O)C1=Cc1ccc(N2CCC3(CC2)OCCO3)cc1. The number of hydrogen-bond acceptors (Lipinski definition) is 14. The number of rotatable bonds is 4. The highest BCUT2D eigenvalue weighted by molar-refractivity contribution is 6.19. The number of benzene rings is 2. The van der Waals surface area contributed by atoms with Gasteiger partial charge in [0.05, 0.1) is 26.4 Å². The second-order valence-corrected chi connectivity index (χ2v) is 14.9. The predicted octanol–water partition coefficient (Wildman–Crippen LogP) is 4.01. The second-order valence-electron chi connectivity index (χ2n) is 14.9. The molecule has 0 atom stereocenters.